The minimum Gasteiger partial charge on any atom is -0.438 e. The lowest BCUT2D eigenvalue weighted by Crippen LogP contribution is -2.32. The molecule has 12 heteroatoms. The van der Waals surface area contributed by atoms with Gasteiger partial charge >= 0.3 is 6.09 Å². The summed E-state index contributed by atoms with van der Waals surface area (Å²) in [4.78, 5) is 24.1. The molecule has 4 N–H and O–H groups in total. The third kappa shape index (κ3) is 5.55. The van der Waals surface area contributed by atoms with E-state index in [1.54, 1.807) is 0 Å². The van der Waals surface area contributed by atoms with Crippen molar-refractivity contribution in [2.75, 3.05) is 5.32 Å². The summed E-state index contributed by atoms with van der Waals surface area (Å²) in [6, 6.07) is 4.31. The predicted molar refractivity (Wildman–Crippen MR) is 113 cm³/mol. The second-order valence-electron chi connectivity index (χ2n) is 6.59. The lowest BCUT2D eigenvalue weighted by Gasteiger charge is -2.15. The van der Waals surface area contributed by atoms with Gasteiger partial charge in [-0.1, -0.05) is 42.2 Å². The molecule has 0 aliphatic heterocycles. The topological polar surface area (TPSA) is 141 Å². The predicted octanol–water partition coefficient (Wildman–Crippen LogP) is 3.69. The number of halogens is 2. The highest BCUT2D eigenvalue weighted by Crippen LogP contribution is 2.38. The average Bonchev–Trinajstić information content (AvgIpc) is 2.66. The van der Waals surface area contributed by atoms with E-state index in [0.717, 1.165) is 0 Å². The summed E-state index contributed by atoms with van der Waals surface area (Å²) >= 11 is 12.5. The number of hydrogen-bond donors (Lipinski definition) is 3. The lowest BCUT2D eigenvalue weighted by molar-refractivity contribution is 0.146. The summed E-state index contributed by atoms with van der Waals surface area (Å²) in [5.74, 6) is -0.0687. The molecule has 0 spiro atoms. The molecule has 10 nitrogen and oxygen atoms in total. The Balaban J connectivity index is 2.23. The van der Waals surface area contributed by atoms with Gasteiger partial charge < -0.3 is 20.4 Å². The number of ether oxygens (including phenoxy) is 2. The molecule has 0 bridgehead atoms. The van der Waals surface area contributed by atoms with Gasteiger partial charge in [-0.25, -0.2) is 9.48 Å². The molecule has 2 rings (SSSR count). The van der Waals surface area contributed by atoms with Gasteiger partial charge in [-0.3, -0.25) is 10.1 Å². The first kappa shape index (κ1) is 23.3. The van der Waals surface area contributed by atoms with Crippen LogP contribution < -0.4 is 21.3 Å². The third-order valence-corrected chi connectivity index (χ3v) is 4.52. The Kier molecular flexibility index (Phi) is 7.52. The Morgan fingerprint density at radius 1 is 1.27 bits per heavy atom. The number of carbonyl (C=O) groups excluding carboxylic acids is 1. The molecular formula is C18H21Cl2N5O5. The van der Waals surface area contributed by atoms with E-state index in [4.69, 9.17) is 43.6 Å². The molecule has 1 aromatic heterocycles. The molecule has 1 unspecified atom stereocenters. The van der Waals surface area contributed by atoms with Crippen LogP contribution in [0.2, 0.25) is 10.0 Å². The number of amidine groups is 1. The van der Waals surface area contributed by atoms with E-state index >= 15 is 0 Å². The Morgan fingerprint density at radius 2 is 1.87 bits per heavy atom. The molecule has 0 fully saturated rings. The summed E-state index contributed by atoms with van der Waals surface area (Å²) < 4.78 is 11.8. The second-order valence-corrected chi connectivity index (χ2v) is 7.40. The van der Waals surface area contributed by atoms with Crippen LogP contribution in [0.1, 0.15) is 32.3 Å². The van der Waals surface area contributed by atoms with Crippen molar-refractivity contribution in [1.29, 1.82) is 0 Å². The number of oxime groups is 1. The van der Waals surface area contributed by atoms with Crippen molar-refractivity contribution in [3.05, 3.63) is 44.2 Å². The van der Waals surface area contributed by atoms with Gasteiger partial charge in [0.1, 0.15) is 0 Å². The van der Waals surface area contributed by atoms with Gasteiger partial charge in [0, 0.05) is 24.4 Å². The van der Waals surface area contributed by atoms with E-state index in [2.05, 4.69) is 15.6 Å². The number of rotatable bonds is 6. The van der Waals surface area contributed by atoms with Crippen molar-refractivity contribution in [3.8, 4) is 11.6 Å². The normalized spacial score (nSPS) is 12.6. The Morgan fingerprint density at radius 3 is 2.40 bits per heavy atom. The number of nitrogens with one attached hydrogen (secondary N) is 1. The maximum atomic E-state index is 12.1. The van der Waals surface area contributed by atoms with Crippen LogP contribution in [0, 0.1) is 0 Å². The van der Waals surface area contributed by atoms with Crippen LogP contribution in [0.4, 0.5) is 10.5 Å². The fraction of sp³-hybridized carbons (Fsp3) is 0.333. The van der Waals surface area contributed by atoms with Crippen molar-refractivity contribution < 1.29 is 19.5 Å². The highest BCUT2D eigenvalue weighted by molar-refractivity contribution is 6.37. The zero-order valence-corrected chi connectivity index (χ0v) is 18.2. The summed E-state index contributed by atoms with van der Waals surface area (Å²) in [6.07, 6.45) is -1.81. The van der Waals surface area contributed by atoms with Crippen molar-refractivity contribution in [2.45, 2.75) is 32.8 Å². The second kappa shape index (κ2) is 9.68. The van der Waals surface area contributed by atoms with Gasteiger partial charge in [-0.2, -0.15) is 0 Å². The van der Waals surface area contributed by atoms with Crippen molar-refractivity contribution >= 4 is 40.8 Å². The van der Waals surface area contributed by atoms with E-state index in [-0.39, 0.29) is 44.7 Å². The summed E-state index contributed by atoms with van der Waals surface area (Å²) in [5.41, 5.74) is 5.88. The molecule has 1 amide bonds. The van der Waals surface area contributed by atoms with Gasteiger partial charge in [0.05, 0.1) is 10.0 Å². The molecule has 2 aromatic rings. The maximum Gasteiger partial charge on any atom is 0.412 e. The van der Waals surface area contributed by atoms with E-state index in [9.17, 15) is 9.59 Å². The molecule has 1 aromatic carbocycles. The molecule has 0 aliphatic carbocycles. The minimum atomic E-state index is -0.950. The van der Waals surface area contributed by atoms with Crippen molar-refractivity contribution in [3.63, 3.8) is 0 Å². The Hall–Kier alpha value is -2.98. The number of nitrogens with zero attached hydrogens (tertiary/aromatic N) is 3. The highest BCUT2D eigenvalue weighted by Gasteiger charge is 2.18. The number of anilines is 1. The maximum absolute atomic E-state index is 12.1. The van der Waals surface area contributed by atoms with Crippen LogP contribution in [0.5, 0.6) is 11.6 Å². The zero-order chi connectivity index (χ0) is 22.6. The molecule has 0 radical (unpaired) electrons. The van der Waals surface area contributed by atoms with Gasteiger partial charge in [0.25, 0.3) is 5.56 Å². The molecule has 30 heavy (non-hydrogen) atoms. The van der Waals surface area contributed by atoms with Gasteiger partial charge in [0.15, 0.2) is 17.7 Å². The number of aryl methyl sites for hydroxylation is 1. The summed E-state index contributed by atoms with van der Waals surface area (Å²) in [5, 5.41) is 18.0. The van der Waals surface area contributed by atoms with E-state index < -0.39 is 12.2 Å². The number of amides is 1. The largest absolute Gasteiger partial charge is 0.438 e. The zero-order valence-electron chi connectivity index (χ0n) is 16.6. The molecular weight excluding hydrogens is 437 g/mol. The fourth-order valence-electron chi connectivity index (χ4n) is 2.35. The Bertz CT molecular complexity index is 1020. The number of benzene rings is 1. The van der Waals surface area contributed by atoms with Crippen LogP contribution in [0.3, 0.4) is 0 Å². The minimum absolute atomic E-state index is 0.0371. The lowest BCUT2D eigenvalue weighted by atomic mass is 10.1. The standard InChI is InChI=1S/C18H21Cl2N5O5/c1-8(2)11-7-14(23-25(4)17(11)26)30-15-12(19)5-10(6-13(15)20)22-18(27)29-9(3)16(21)24-28/h5-9,28H,1-4H3,(H2,21,24)(H,22,27). The smallest absolute Gasteiger partial charge is 0.412 e. The van der Waals surface area contributed by atoms with E-state index in [1.165, 1.54) is 36.9 Å². The number of hydrogen-bond acceptors (Lipinski definition) is 7. The van der Waals surface area contributed by atoms with Gasteiger partial charge in [-0.05, 0) is 25.0 Å². The fourth-order valence-corrected chi connectivity index (χ4v) is 2.92. The number of nitrogens with two attached hydrogens (primary N) is 1. The van der Waals surface area contributed by atoms with Gasteiger partial charge in [0.2, 0.25) is 5.88 Å². The van der Waals surface area contributed by atoms with Crippen molar-refractivity contribution in [2.24, 2.45) is 17.9 Å². The van der Waals surface area contributed by atoms with Crippen LogP contribution in [-0.2, 0) is 11.8 Å². The highest BCUT2D eigenvalue weighted by atomic mass is 35.5. The van der Waals surface area contributed by atoms with Crippen LogP contribution in [-0.4, -0.2) is 33.0 Å². The number of carbonyl (C=O) groups is 1. The first-order chi connectivity index (χ1) is 14.0. The van der Waals surface area contributed by atoms with Crippen molar-refractivity contribution in [1.82, 2.24) is 9.78 Å². The molecule has 1 heterocycles. The van der Waals surface area contributed by atoms with Crippen LogP contribution in [0.25, 0.3) is 0 Å². The molecule has 1 atom stereocenters. The monoisotopic (exact) mass is 457 g/mol. The SMILES string of the molecule is CC(OC(=O)Nc1cc(Cl)c(Oc2cc(C(C)C)c(=O)n(C)n2)c(Cl)c1)C(N)=NO. The van der Waals surface area contributed by atoms with Crippen LogP contribution in [0.15, 0.2) is 28.1 Å². The quantitative estimate of drug-likeness (QED) is 0.259. The molecule has 162 valence electrons. The van der Waals surface area contributed by atoms with Gasteiger partial charge in [-0.15, -0.1) is 5.10 Å². The molecule has 0 saturated heterocycles. The third-order valence-electron chi connectivity index (χ3n) is 3.96. The molecule has 0 saturated carbocycles. The average molecular weight is 458 g/mol. The summed E-state index contributed by atoms with van der Waals surface area (Å²) in [6.45, 7) is 5.18. The summed E-state index contributed by atoms with van der Waals surface area (Å²) in [7, 11) is 1.51. The first-order valence-electron chi connectivity index (χ1n) is 8.73. The Labute approximate surface area is 182 Å². The molecule has 0 aliphatic rings. The first-order valence-corrected chi connectivity index (χ1v) is 9.49. The van der Waals surface area contributed by atoms with E-state index in [0.29, 0.717) is 5.56 Å². The van der Waals surface area contributed by atoms with E-state index in [1.807, 2.05) is 13.8 Å². The number of aromatic nitrogens is 2. The van der Waals surface area contributed by atoms with Crippen LogP contribution >= 0.6 is 23.2 Å².